The van der Waals surface area contributed by atoms with Gasteiger partial charge in [0.15, 0.2) is 5.84 Å². The van der Waals surface area contributed by atoms with Gasteiger partial charge in [-0.2, -0.15) is 13.2 Å². The van der Waals surface area contributed by atoms with E-state index in [2.05, 4.69) is 34.3 Å². The van der Waals surface area contributed by atoms with Crippen molar-refractivity contribution in [2.75, 3.05) is 5.01 Å². The maximum absolute atomic E-state index is 13.5. The van der Waals surface area contributed by atoms with Crippen molar-refractivity contribution in [3.05, 3.63) is 132 Å². The predicted molar refractivity (Wildman–Crippen MR) is 150 cm³/mol. The van der Waals surface area contributed by atoms with E-state index in [4.69, 9.17) is 4.99 Å². The highest BCUT2D eigenvalue weighted by atomic mass is 19.4. The van der Waals surface area contributed by atoms with Crippen LogP contribution in [0.2, 0.25) is 0 Å². The summed E-state index contributed by atoms with van der Waals surface area (Å²) in [7, 11) is 0. The number of fused-ring (bicyclic) bond motifs is 4. The third kappa shape index (κ3) is 3.90. The fourth-order valence-electron chi connectivity index (χ4n) is 5.16. The van der Waals surface area contributed by atoms with Crippen molar-refractivity contribution >= 4 is 44.7 Å². The molecule has 7 rings (SSSR count). The van der Waals surface area contributed by atoms with Gasteiger partial charge in [-0.1, -0.05) is 54.6 Å². The SMILES string of the molecule is FC(F)(F)c1ccc2c(c1)N(c1ccccc1)NC(c1ccc(-n3c4ccccc4c4ccccc43)cc1)=N2. The van der Waals surface area contributed by atoms with E-state index in [0.29, 0.717) is 22.9 Å². The van der Waals surface area contributed by atoms with Crippen LogP contribution in [0.25, 0.3) is 27.5 Å². The Kier molecular flexibility index (Phi) is 5.20. The highest BCUT2D eigenvalue weighted by Crippen LogP contribution is 2.41. The molecule has 0 unspecified atom stereocenters. The van der Waals surface area contributed by atoms with Crippen LogP contribution in [0, 0.1) is 0 Å². The van der Waals surface area contributed by atoms with E-state index in [1.165, 1.54) is 16.8 Å². The fourth-order valence-corrected chi connectivity index (χ4v) is 5.16. The largest absolute Gasteiger partial charge is 0.416 e. The summed E-state index contributed by atoms with van der Waals surface area (Å²) in [6.45, 7) is 0. The zero-order chi connectivity index (χ0) is 26.6. The van der Waals surface area contributed by atoms with Crippen molar-refractivity contribution in [1.29, 1.82) is 0 Å². The van der Waals surface area contributed by atoms with Crippen molar-refractivity contribution in [3.63, 3.8) is 0 Å². The first-order chi connectivity index (χ1) is 19.0. The molecule has 1 aromatic heterocycles. The molecule has 39 heavy (non-hydrogen) atoms. The molecular formula is C32H21F3N4. The number of para-hydroxylation sites is 3. The number of nitrogens with zero attached hydrogens (tertiary/aromatic N) is 3. The van der Waals surface area contributed by atoms with Gasteiger partial charge >= 0.3 is 6.18 Å². The Morgan fingerprint density at radius 1 is 0.615 bits per heavy atom. The molecule has 0 bridgehead atoms. The van der Waals surface area contributed by atoms with Crippen LogP contribution in [0.1, 0.15) is 11.1 Å². The summed E-state index contributed by atoms with van der Waals surface area (Å²) in [6.07, 6.45) is -4.45. The molecule has 0 saturated heterocycles. The van der Waals surface area contributed by atoms with Gasteiger partial charge in [-0.05, 0) is 66.7 Å². The zero-order valence-electron chi connectivity index (χ0n) is 20.5. The van der Waals surface area contributed by atoms with Crippen LogP contribution < -0.4 is 10.4 Å². The lowest BCUT2D eigenvalue weighted by atomic mass is 10.1. The van der Waals surface area contributed by atoms with E-state index in [1.807, 2.05) is 78.9 Å². The molecule has 0 spiro atoms. The summed E-state index contributed by atoms with van der Waals surface area (Å²) in [6, 6.07) is 37.5. The maximum atomic E-state index is 13.5. The molecule has 5 aromatic carbocycles. The summed E-state index contributed by atoms with van der Waals surface area (Å²) < 4.78 is 42.7. The molecular weight excluding hydrogens is 497 g/mol. The Bertz CT molecular complexity index is 1820. The van der Waals surface area contributed by atoms with E-state index in [0.717, 1.165) is 34.4 Å². The second kappa shape index (κ2) is 8.77. The molecule has 7 heteroatoms. The Balaban J connectivity index is 1.32. The third-order valence-electron chi connectivity index (χ3n) is 6.99. The van der Waals surface area contributed by atoms with E-state index in [-0.39, 0.29) is 0 Å². The second-order valence-electron chi connectivity index (χ2n) is 9.36. The number of hydrazine groups is 1. The van der Waals surface area contributed by atoms with Crippen molar-refractivity contribution < 1.29 is 13.2 Å². The van der Waals surface area contributed by atoms with E-state index in [9.17, 15) is 13.2 Å². The molecule has 0 saturated carbocycles. The average Bonchev–Trinajstić information content (AvgIpc) is 3.31. The van der Waals surface area contributed by atoms with Crippen molar-refractivity contribution in [2.45, 2.75) is 6.18 Å². The number of alkyl halides is 3. The number of halogens is 3. The highest BCUT2D eigenvalue weighted by molar-refractivity contribution is 6.09. The molecule has 6 aromatic rings. The Hall–Kier alpha value is -5.04. The predicted octanol–water partition coefficient (Wildman–Crippen LogP) is 8.54. The lowest BCUT2D eigenvalue weighted by Gasteiger charge is -2.32. The van der Waals surface area contributed by atoms with Gasteiger partial charge in [-0.15, -0.1) is 0 Å². The molecule has 0 atom stereocenters. The molecule has 0 radical (unpaired) electrons. The average molecular weight is 519 g/mol. The number of rotatable bonds is 3. The summed E-state index contributed by atoms with van der Waals surface area (Å²) >= 11 is 0. The fraction of sp³-hybridized carbons (Fsp3) is 0.0312. The number of aliphatic imine (C=N–C) groups is 1. The molecule has 1 aliphatic rings. The van der Waals surface area contributed by atoms with Gasteiger partial charge < -0.3 is 4.57 Å². The monoisotopic (exact) mass is 518 g/mol. The maximum Gasteiger partial charge on any atom is 0.416 e. The summed E-state index contributed by atoms with van der Waals surface area (Å²) in [5.41, 5.74) is 8.05. The normalized spacial score (nSPS) is 13.3. The van der Waals surface area contributed by atoms with Gasteiger partial charge in [-0.25, -0.2) is 4.99 Å². The summed E-state index contributed by atoms with van der Waals surface area (Å²) in [5.74, 6) is 0.542. The quantitative estimate of drug-likeness (QED) is 0.255. The number of hydrogen-bond acceptors (Lipinski definition) is 3. The van der Waals surface area contributed by atoms with Crippen LogP contribution in [-0.4, -0.2) is 10.4 Å². The first kappa shape index (κ1) is 23.1. The molecule has 0 fully saturated rings. The molecule has 4 nitrogen and oxygen atoms in total. The van der Waals surface area contributed by atoms with Crippen molar-refractivity contribution in [2.24, 2.45) is 4.99 Å². The third-order valence-corrected chi connectivity index (χ3v) is 6.99. The van der Waals surface area contributed by atoms with Crippen LogP contribution in [0.3, 0.4) is 0 Å². The number of hydrogen-bond donors (Lipinski definition) is 1. The second-order valence-corrected chi connectivity index (χ2v) is 9.36. The minimum Gasteiger partial charge on any atom is -0.309 e. The zero-order valence-corrected chi connectivity index (χ0v) is 20.5. The van der Waals surface area contributed by atoms with Gasteiger partial charge in [0.1, 0.15) is 0 Å². The Morgan fingerprint density at radius 2 is 1.23 bits per heavy atom. The first-order valence-corrected chi connectivity index (χ1v) is 12.5. The van der Waals surface area contributed by atoms with Crippen LogP contribution in [0.4, 0.5) is 30.2 Å². The van der Waals surface area contributed by atoms with E-state index >= 15 is 0 Å². The molecule has 0 amide bonds. The Morgan fingerprint density at radius 3 is 1.87 bits per heavy atom. The van der Waals surface area contributed by atoms with Crippen LogP contribution in [0.15, 0.2) is 126 Å². The highest BCUT2D eigenvalue weighted by Gasteiger charge is 2.33. The lowest BCUT2D eigenvalue weighted by Crippen LogP contribution is -2.41. The number of anilines is 2. The van der Waals surface area contributed by atoms with Crippen LogP contribution in [-0.2, 0) is 6.18 Å². The number of aromatic nitrogens is 1. The van der Waals surface area contributed by atoms with E-state index < -0.39 is 11.7 Å². The summed E-state index contributed by atoms with van der Waals surface area (Å²) in [4.78, 5) is 4.70. The minimum atomic E-state index is -4.45. The Labute approximate surface area is 222 Å². The van der Waals surface area contributed by atoms with E-state index in [1.54, 1.807) is 5.01 Å². The smallest absolute Gasteiger partial charge is 0.309 e. The van der Waals surface area contributed by atoms with Gasteiger partial charge in [0.2, 0.25) is 0 Å². The molecule has 2 heterocycles. The molecule has 190 valence electrons. The lowest BCUT2D eigenvalue weighted by molar-refractivity contribution is -0.137. The van der Waals surface area contributed by atoms with Gasteiger partial charge in [0.05, 0.1) is 33.7 Å². The summed E-state index contributed by atoms with van der Waals surface area (Å²) in [5, 5.41) is 4.01. The molecule has 1 aliphatic heterocycles. The van der Waals surface area contributed by atoms with Crippen LogP contribution in [0.5, 0.6) is 0 Å². The van der Waals surface area contributed by atoms with Crippen LogP contribution >= 0.6 is 0 Å². The standard InChI is InChI=1S/C32H21F3N4/c33-32(34,35)22-16-19-27-30(20-22)39(24-8-2-1-3-9-24)37-31(36-27)21-14-17-23(18-15-21)38-28-12-6-4-10-25(28)26-11-5-7-13-29(26)38/h1-20H,(H,36,37). The minimum absolute atomic E-state index is 0.335. The number of nitrogens with one attached hydrogen (secondary N) is 1. The molecule has 1 N–H and O–H groups in total. The topological polar surface area (TPSA) is 32.6 Å². The van der Waals surface area contributed by atoms with Crippen molar-refractivity contribution in [3.8, 4) is 5.69 Å². The van der Waals surface area contributed by atoms with Gasteiger partial charge in [-0.3, -0.25) is 10.4 Å². The van der Waals surface area contributed by atoms with Gasteiger partial charge in [0, 0.05) is 22.0 Å². The molecule has 0 aliphatic carbocycles. The number of amidine groups is 1. The number of benzene rings is 5. The van der Waals surface area contributed by atoms with Gasteiger partial charge in [0.25, 0.3) is 0 Å². The van der Waals surface area contributed by atoms with Crippen molar-refractivity contribution in [1.82, 2.24) is 9.99 Å². The first-order valence-electron chi connectivity index (χ1n) is 12.5.